The fourth-order valence-electron chi connectivity index (χ4n) is 3.28. The molecule has 6 N–H and O–H groups in total. The van der Waals surface area contributed by atoms with Crippen LogP contribution in [0.25, 0.3) is 0 Å². The van der Waals surface area contributed by atoms with Crippen LogP contribution in [-0.4, -0.2) is 46.1 Å². The molecule has 0 aliphatic heterocycles. The number of hydrogen-bond acceptors (Lipinski definition) is 6. The molecular weight excluding hydrogens is 410 g/mol. The van der Waals surface area contributed by atoms with Gasteiger partial charge >= 0.3 is 14.2 Å². The van der Waals surface area contributed by atoms with Crippen molar-refractivity contribution in [3.8, 4) is 0 Å². The molecule has 0 fully saturated rings. The van der Waals surface area contributed by atoms with E-state index in [1.807, 2.05) is 0 Å². The predicted molar refractivity (Wildman–Crippen MR) is 127 cm³/mol. The fraction of sp³-hybridized carbons (Fsp3) is 0.364. The lowest BCUT2D eigenvalue weighted by molar-refractivity contribution is -0.117. The predicted octanol–water partition coefficient (Wildman–Crippen LogP) is 0.744. The highest BCUT2D eigenvalue weighted by atomic mass is 16.4. The molecule has 0 aliphatic rings. The van der Waals surface area contributed by atoms with Crippen molar-refractivity contribution in [2.24, 2.45) is 0 Å². The SMILES string of the molecule is O=C(CCCCCCCCC(=O)Nc1cccc(B(O)O)c1)Nc1cccc(B(O)O)c1. The third kappa shape index (κ3) is 9.65. The van der Waals surface area contributed by atoms with Crippen molar-refractivity contribution in [3.05, 3.63) is 48.5 Å². The molecule has 0 heterocycles. The van der Waals surface area contributed by atoms with Crippen LogP contribution in [0.2, 0.25) is 0 Å². The number of carbonyl (C=O) groups is 2. The van der Waals surface area contributed by atoms with E-state index in [1.165, 1.54) is 12.1 Å². The van der Waals surface area contributed by atoms with E-state index in [1.54, 1.807) is 36.4 Å². The van der Waals surface area contributed by atoms with Crippen molar-refractivity contribution in [1.82, 2.24) is 0 Å². The summed E-state index contributed by atoms with van der Waals surface area (Å²) < 4.78 is 0. The molecule has 0 aliphatic carbocycles. The Labute approximate surface area is 189 Å². The van der Waals surface area contributed by atoms with Crippen molar-refractivity contribution in [2.45, 2.75) is 51.4 Å². The second-order valence-electron chi connectivity index (χ2n) is 7.72. The second kappa shape index (κ2) is 13.7. The van der Waals surface area contributed by atoms with E-state index < -0.39 is 14.2 Å². The minimum absolute atomic E-state index is 0.107. The summed E-state index contributed by atoms with van der Waals surface area (Å²) in [7, 11) is -3.13. The average molecular weight is 440 g/mol. The maximum atomic E-state index is 12.0. The average Bonchev–Trinajstić information content (AvgIpc) is 2.75. The number of anilines is 2. The number of amides is 2. The van der Waals surface area contributed by atoms with Crippen LogP contribution in [0.1, 0.15) is 51.4 Å². The highest BCUT2D eigenvalue weighted by Crippen LogP contribution is 2.12. The zero-order valence-corrected chi connectivity index (χ0v) is 18.0. The van der Waals surface area contributed by atoms with E-state index in [9.17, 15) is 29.7 Å². The summed E-state index contributed by atoms with van der Waals surface area (Å²) >= 11 is 0. The Bertz CT molecular complexity index is 808. The lowest BCUT2D eigenvalue weighted by atomic mass is 9.80. The first-order valence-electron chi connectivity index (χ1n) is 10.9. The Balaban J connectivity index is 1.52. The summed E-state index contributed by atoms with van der Waals surface area (Å²) in [6, 6.07) is 12.9. The highest BCUT2D eigenvalue weighted by Gasteiger charge is 2.12. The molecule has 10 heteroatoms. The molecule has 2 amide bonds. The van der Waals surface area contributed by atoms with Gasteiger partial charge in [0.15, 0.2) is 0 Å². The van der Waals surface area contributed by atoms with Crippen molar-refractivity contribution >= 4 is 48.4 Å². The van der Waals surface area contributed by atoms with Gasteiger partial charge in [0.25, 0.3) is 0 Å². The van der Waals surface area contributed by atoms with Crippen LogP contribution in [0, 0.1) is 0 Å². The molecule has 0 saturated heterocycles. The first kappa shape index (κ1) is 25.6. The smallest absolute Gasteiger partial charge is 0.423 e. The van der Waals surface area contributed by atoms with E-state index in [-0.39, 0.29) is 11.8 Å². The number of nitrogens with one attached hydrogen (secondary N) is 2. The van der Waals surface area contributed by atoms with Crippen LogP contribution in [-0.2, 0) is 9.59 Å². The minimum atomic E-state index is -1.57. The van der Waals surface area contributed by atoms with Crippen LogP contribution in [0.4, 0.5) is 11.4 Å². The van der Waals surface area contributed by atoms with E-state index in [0.717, 1.165) is 38.5 Å². The summed E-state index contributed by atoms with van der Waals surface area (Å²) in [4.78, 5) is 24.0. The molecule has 2 aromatic carbocycles. The Hall–Kier alpha value is -2.65. The molecule has 0 saturated carbocycles. The first-order valence-corrected chi connectivity index (χ1v) is 10.9. The van der Waals surface area contributed by atoms with Gasteiger partial charge in [-0.2, -0.15) is 0 Å². The van der Waals surface area contributed by atoms with Gasteiger partial charge in [0.05, 0.1) is 0 Å². The minimum Gasteiger partial charge on any atom is -0.423 e. The Kier molecular flexibility index (Phi) is 11.0. The van der Waals surface area contributed by atoms with Gasteiger partial charge in [-0.1, -0.05) is 49.9 Å². The highest BCUT2D eigenvalue weighted by molar-refractivity contribution is 6.59. The Morgan fingerprint density at radius 1 is 0.625 bits per heavy atom. The van der Waals surface area contributed by atoms with Crippen molar-refractivity contribution in [2.75, 3.05) is 10.6 Å². The van der Waals surface area contributed by atoms with Gasteiger partial charge < -0.3 is 30.7 Å². The van der Waals surface area contributed by atoms with E-state index >= 15 is 0 Å². The van der Waals surface area contributed by atoms with Gasteiger partial charge in [-0.05, 0) is 48.0 Å². The van der Waals surface area contributed by atoms with Gasteiger partial charge in [-0.25, -0.2) is 0 Å². The Morgan fingerprint density at radius 3 is 1.38 bits per heavy atom. The number of benzene rings is 2. The quantitative estimate of drug-likeness (QED) is 0.201. The molecule has 32 heavy (non-hydrogen) atoms. The molecule has 0 radical (unpaired) electrons. The lowest BCUT2D eigenvalue weighted by Gasteiger charge is -2.08. The normalized spacial score (nSPS) is 10.5. The Morgan fingerprint density at radius 2 is 1.00 bits per heavy atom. The lowest BCUT2D eigenvalue weighted by Crippen LogP contribution is -2.30. The molecule has 2 aromatic rings. The first-order chi connectivity index (χ1) is 15.3. The van der Waals surface area contributed by atoms with E-state index in [4.69, 9.17) is 0 Å². The molecule has 170 valence electrons. The van der Waals surface area contributed by atoms with Crippen LogP contribution >= 0.6 is 0 Å². The molecule has 0 unspecified atom stereocenters. The topological polar surface area (TPSA) is 139 Å². The second-order valence-corrected chi connectivity index (χ2v) is 7.72. The van der Waals surface area contributed by atoms with Crippen LogP contribution in [0.5, 0.6) is 0 Å². The van der Waals surface area contributed by atoms with Crippen molar-refractivity contribution in [1.29, 1.82) is 0 Å². The molecule has 2 rings (SSSR count). The molecule has 0 aromatic heterocycles. The summed E-state index contributed by atoms with van der Waals surface area (Å²) in [5.41, 5.74) is 1.74. The summed E-state index contributed by atoms with van der Waals surface area (Å²) in [6.07, 6.45) is 6.14. The fourth-order valence-corrected chi connectivity index (χ4v) is 3.28. The van der Waals surface area contributed by atoms with Gasteiger partial charge in [0, 0.05) is 24.2 Å². The number of carbonyl (C=O) groups excluding carboxylic acids is 2. The number of hydrogen-bond donors (Lipinski definition) is 6. The van der Waals surface area contributed by atoms with Gasteiger partial charge in [-0.3, -0.25) is 9.59 Å². The van der Waals surface area contributed by atoms with Crippen LogP contribution < -0.4 is 21.6 Å². The molecule has 0 spiro atoms. The largest absolute Gasteiger partial charge is 0.488 e. The monoisotopic (exact) mass is 440 g/mol. The van der Waals surface area contributed by atoms with Crippen molar-refractivity contribution < 1.29 is 29.7 Å². The van der Waals surface area contributed by atoms with E-state index in [2.05, 4.69) is 10.6 Å². The summed E-state index contributed by atoms with van der Waals surface area (Å²) in [6.45, 7) is 0. The number of rotatable bonds is 13. The van der Waals surface area contributed by atoms with Crippen LogP contribution in [0.3, 0.4) is 0 Å². The zero-order valence-electron chi connectivity index (χ0n) is 18.0. The van der Waals surface area contributed by atoms with Gasteiger partial charge in [0.1, 0.15) is 0 Å². The van der Waals surface area contributed by atoms with Gasteiger partial charge in [-0.15, -0.1) is 0 Å². The molecule has 0 atom stereocenters. The molecule has 8 nitrogen and oxygen atoms in total. The third-order valence-corrected chi connectivity index (χ3v) is 4.99. The summed E-state index contributed by atoms with van der Waals surface area (Å²) in [5, 5.41) is 42.2. The standard InChI is InChI=1S/C22H30B2N2O6/c27-21(25-19-11-7-9-17(15-19)23(29)30)13-5-3-1-2-4-6-14-22(28)26-20-12-8-10-18(16-20)24(31)32/h7-12,15-16,29-32H,1-6,13-14H2,(H,25,27)(H,26,28). The maximum Gasteiger partial charge on any atom is 0.488 e. The number of unbranched alkanes of at least 4 members (excludes halogenated alkanes) is 5. The third-order valence-electron chi connectivity index (χ3n) is 4.99. The molecule has 0 bridgehead atoms. The zero-order chi connectivity index (χ0) is 23.3. The van der Waals surface area contributed by atoms with Crippen molar-refractivity contribution in [3.63, 3.8) is 0 Å². The molecular formula is C22H30B2N2O6. The maximum absolute atomic E-state index is 12.0. The van der Waals surface area contributed by atoms with E-state index in [0.29, 0.717) is 35.1 Å². The van der Waals surface area contributed by atoms with Crippen LogP contribution in [0.15, 0.2) is 48.5 Å². The summed E-state index contributed by atoms with van der Waals surface area (Å²) in [5.74, 6) is -0.215. The van der Waals surface area contributed by atoms with Gasteiger partial charge in [0.2, 0.25) is 11.8 Å².